The zero-order valence-electron chi connectivity index (χ0n) is 10.7. The molecule has 1 N–H and O–H groups in total. The van der Waals surface area contributed by atoms with Crippen LogP contribution in [0.25, 0.3) is 0 Å². The summed E-state index contributed by atoms with van der Waals surface area (Å²) in [6, 6.07) is 9.96. The maximum absolute atomic E-state index is 11.7. The number of nitrogens with one attached hydrogen (secondary N) is 1. The van der Waals surface area contributed by atoms with E-state index in [-0.39, 0.29) is 5.91 Å². The molecule has 1 aromatic carbocycles. The van der Waals surface area contributed by atoms with Crippen LogP contribution in [-0.2, 0) is 0 Å². The highest BCUT2D eigenvalue weighted by molar-refractivity contribution is 5.94. The van der Waals surface area contributed by atoms with Crippen molar-refractivity contribution < 1.29 is 4.79 Å². The molecular formula is C14H21N2O. The number of rotatable bonds is 7. The van der Waals surface area contributed by atoms with E-state index in [1.54, 1.807) is 24.3 Å². The van der Waals surface area contributed by atoms with Crippen LogP contribution >= 0.6 is 0 Å². The highest BCUT2D eigenvalue weighted by Gasteiger charge is 2.03. The van der Waals surface area contributed by atoms with Gasteiger partial charge < -0.3 is 10.2 Å². The first-order valence-corrected chi connectivity index (χ1v) is 6.24. The molecule has 0 fully saturated rings. The molecular weight excluding hydrogens is 212 g/mol. The fraction of sp³-hybridized carbons (Fsp3) is 0.500. The van der Waals surface area contributed by atoms with Crippen LogP contribution in [0.3, 0.4) is 0 Å². The monoisotopic (exact) mass is 233 g/mol. The van der Waals surface area contributed by atoms with E-state index in [0.717, 1.165) is 32.6 Å². The number of benzene rings is 1. The van der Waals surface area contributed by atoms with Gasteiger partial charge in [0.1, 0.15) is 0 Å². The quantitative estimate of drug-likeness (QED) is 0.730. The van der Waals surface area contributed by atoms with E-state index in [9.17, 15) is 4.79 Å². The standard InChI is InChI=1S/C14H21N2O/c1-3-16(4-2)12-8-11-15-14(17)13-9-6-5-7-10-13/h6-7,9-10H,3-4,8,11-12H2,1-2H3,(H,15,17). The Labute approximate surface area is 104 Å². The number of hydrogen-bond acceptors (Lipinski definition) is 2. The normalized spacial score (nSPS) is 10.5. The first kappa shape index (κ1) is 13.7. The van der Waals surface area contributed by atoms with Gasteiger partial charge in [-0.1, -0.05) is 26.0 Å². The van der Waals surface area contributed by atoms with Gasteiger partial charge in [0.15, 0.2) is 0 Å². The molecule has 1 amide bonds. The van der Waals surface area contributed by atoms with Gasteiger partial charge in [-0.05, 0) is 44.3 Å². The van der Waals surface area contributed by atoms with Crippen LogP contribution in [0.1, 0.15) is 30.6 Å². The molecule has 1 aromatic rings. The van der Waals surface area contributed by atoms with Crippen molar-refractivity contribution in [3.05, 3.63) is 35.9 Å². The number of carbonyl (C=O) groups is 1. The summed E-state index contributed by atoms with van der Waals surface area (Å²) in [6.45, 7) is 8.22. The molecule has 0 spiro atoms. The maximum atomic E-state index is 11.7. The summed E-state index contributed by atoms with van der Waals surface area (Å²) in [5.74, 6) is -0.00135. The van der Waals surface area contributed by atoms with Crippen molar-refractivity contribution in [3.63, 3.8) is 0 Å². The number of nitrogens with zero attached hydrogens (tertiary/aromatic N) is 1. The van der Waals surface area contributed by atoms with Crippen LogP contribution in [0.5, 0.6) is 0 Å². The summed E-state index contributed by atoms with van der Waals surface area (Å²) in [6.07, 6.45) is 0.992. The first-order valence-electron chi connectivity index (χ1n) is 6.24. The SMILES string of the molecule is CCN(CC)CCCNC(=O)c1cc[c]cc1. The van der Waals surface area contributed by atoms with Crippen LogP contribution in [0, 0.1) is 6.07 Å². The molecule has 0 saturated carbocycles. The fourth-order valence-electron chi connectivity index (χ4n) is 1.68. The van der Waals surface area contributed by atoms with Crippen LogP contribution in [0.2, 0.25) is 0 Å². The lowest BCUT2D eigenvalue weighted by atomic mass is 10.2. The molecule has 0 saturated heterocycles. The van der Waals surface area contributed by atoms with Crippen LogP contribution < -0.4 is 5.32 Å². The topological polar surface area (TPSA) is 32.3 Å². The molecule has 1 rings (SSSR count). The summed E-state index contributed by atoms with van der Waals surface area (Å²) in [4.78, 5) is 14.0. The third-order valence-corrected chi connectivity index (χ3v) is 2.81. The lowest BCUT2D eigenvalue weighted by Crippen LogP contribution is -2.29. The van der Waals surface area contributed by atoms with Gasteiger partial charge >= 0.3 is 0 Å². The van der Waals surface area contributed by atoms with E-state index < -0.39 is 0 Å². The number of hydrogen-bond donors (Lipinski definition) is 1. The molecule has 93 valence electrons. The third-order valence-electron chi connectivity index (χ3n) is 2.81. The van der Waals surface area contributed by atoms with Crippen molar-refractivity contribution in [2.75, 3.05) is 26.2 Å². The molecule has 1 radical (unpaired) electrons. The minimum absolute atomic E-state index is 0.00135. The molecule has 17 heavy (non-hydrogen) atoms. The van der Waals surface area contributed by atoms with Crippen LogP contribution in [0.15, 0.2) is 24.3 Å². The number of carbonyl (C=O) groups excluding carboxylic acids is 1. The van der Waals surface area contributed by atoms with Crippen molar-refractivity contribution in [1.82, 2.24) is 10.2 Å². The summed E-state index contributed by atoms with van der Waals surface area (Å²) in [5.41, 5.74) is 0.701. The highest BCUT2D eigenvalue weighted by atomic mass is 16.1. The smallest absolute Gasteiger partial charge is 0.251 e. The van der Waals surface area contributed by atoms with Gasteiger partial charge in [-0.3, -0.25) is 4.79 Å². The van der Waals surface area contributed by atoms with Gasteiger partial charge in [0.25, 0.3) is 5.91 Å². The lowest BCUT2D eigenvalue weighted by molar-refractivity contribution is 0.0952. The van der Waals surface area contributed by atoms with Crippen molar-refractivity contribution in [1.29, 1.82) is 0 Å². The highest BCUT2D eigenvalue weighted by Crippen LogP contribution is 1.97. The maximum Gasteiger partial charge on any atom is 0.251 e. The molecule has 0 aliphatic carbocycles. The van der Waals surface area contributed by atoms with Gasteiger partial charge in [-0.15, -0.1) is 0 Å². The Kier molecular flexibility index (Phi) is 6.33. The van der Waals surface area contributed by atoms with Crippen molar-refractivity contribution in [3.8, 4) is 0 Å². The number of amides is 1. The molecule has 0 heterocycles. The van der Waals surface area contributed by atoms with E-state index in [1.165, 1.54) is 0 Å². The predicted octanol–water partition coefficient (Wildman–Crippen LogP) is 1.95. The Morgan fingerprint density at radius 2 is 1.94 bits per heavy atom. The second kappa shape index (κ2) is 7.85. The van der Waals surface area contributed by atoms with E-state index in [1.807, 2.05) is 0 Å². The Hall–Kier alpha value is -1.35. The Morgan fingerprint density at radius 1 is 1.29 bits per heavy atom. The van der Waals surface area contributed by atoms with Gasteiger partial charge in [0.05, 0.1) is 0 Å². The van der Waals surface area contributed by atoms with E-state index in [4.69, 9.17) is 0 Å². The minimum Gasteiger partial charge on any atom is -0.352 e. The van der Waals surface area contributed by atoms with Crippen molar-refractivity contribution >= 4 is 5.91 Å². The van der Waals surface area contributed by atoms with E-state index in [2.05, 4.69) is 30.1 Å². The fourth-order valence-corrected chi connectivity index (χ4v) is 1.68. The Bertz CT molecular complexity index is 320. The third kappa shape index (κ3) is 5.00. The molecule has 0 bridgehead atoms. The summed E-state index contributed by atoms with van der Waals surface area (Å²) >= 11 is 0. The average molecular weight is 233 g/mol. The largest absolute Gasteiger partial charge is 0.352 e. The molecule has 0 aromatic heterocycles. The average Bonchev–Trinajstić information content (AvgIpc) is 2.40. The van der Waals surface area contributed by atoms with Gasteiger partial charge in [-0.25, -0.2) is 0 Å². The second-order valence-corrected chi connectivity index (χ2v) is 3.93. The molecule has 0 atom stereocenters. The molecule has 0 aliphatic heterocycles. The zero-order valence-corrected chi connectivity index (χ0v) is 10.7. The Balaban J connectivity index is 2.21. The molecule has 0 aliphatic rings. The Morgan fingerprint density at radius 3 is 2.53 bits per heavy atom. The second-order valence-electron chi connectivity index (χ2n) is 3.93. The lowest BCUT2D eigenvalue weighted by Gasteiger charge is -2.17. The van der Waals surface area contributed by atoms with Crippen LogP contribution in [0.4, 0.5) is 0 Å². The van der Waals surface area contributed by atoms with Crippen LogP contribution in [-0.4, -0.2) is 37.0 Å². The van der Waals surface area contributed by atoms with Gasteiger partial charge in [-0.2, -0.15) is 0 Å². The minimum atomic E-state index is -0.00135. The molecule has 0 unspecified atom stereocenters. The zero-order chi connectivity index (χ0) is 12.5. The van der Waals surface area contributed by atoms with Crippen molar-refractivity contribution in [2.45, 2.75) is 20.3 Å². The first-order chi connectivity index (χ1) is 8.27. The molecule has 3 nitrogen and oxygen atoms in total. The summed E-state index contributed by atoms with van der Waals surface area (Å²) < 4.78 is 0. The van der Waals surface area contributed by atoms with Crippen molar-refractivity contribution in [2.24, 2.45) is 0 Å². The molecule has 3 heteroatoms. The summed E-state index contributed by atoms with van der Waals surface area (Å²) in [7, 11) is 0. The predicted molar refractivity (Wildman–Crippen MR) is 70.0 cm³/mol. The summed E-state index contributed by atoms with van der Waals surface area (Å²) in [5, 5.41) is 2.92. The van der Waals surface area contributed by atoms with E-state index in [0.29, 0.717) is 5.56 Å². The van der Waals surface area contributed by atoms with E-state index >= 15 is 0 Å². The van der Waals surface area contributed by atoms with Gasteiger partial charge in [0.2, 0.25) is 0 Å². The van der Waals surface area contributed by atoms with Gasteiger partial charge in [0, 0.05) is 12.1 Å².